The maximum absolute atomic E-state index is 11.9. The monoisotopic (exact) mass is 269 g/mol. The van der Waals surface area contributed by atoms with Gasteiger partial charge in [0.25, 0.3) is 5.56 Å². The molecule has 0 spiro atoms. The molecule has 0 unspecified atom stereocenters. The first-order valence-corrected chi connectivity index (χ1v) is 6.09. The summed E-state index contributed by atoms with van der Waals surface area (Å²) in [5.74, 6) is 2.54. The topological polar surface area (TPSA) is 56.0 Å². The van der Waals surface area contributed by atoms with E-state index in [0.29, 0.717) is 12.1 Å². The Morgan fingerprint density at radius 3 is 2.45 bits per heavy atom. The van der Waals surface area contributed by atoms with E-state index in [1.807, 2.05) is 24.3 Å². The first-order chi connectivity index (χ1) is 9.52. The van der Waals surface area contributed by atoms with Crippen LogP contribution >= 0.6 is 0 Å². The van der Waals surface area contributed by atoms with Crippen molar-refractivity contribution >= 4 is 5.69 Å². The summed E-state index contributed by atoms with van der Waals surface area (Å²) in [4.78, 5) is 23.5. The van der Waals surface area contributed by atoms with Gasteiger partial charge in [-0.15, -0.1) is 6.42 Å². The maximum Gasteiger partial charge on any atom is 0.330 e. The van der Waals surface area contributed by atoms with Gasteiger partial charge in [0.05, 0.1) is 5.56 Å². The molecule has 1 N–H and O–H groups in total. The highest BCUT2D eigenvalue weighted by atomic mass is 16.2. The van der Waals surface area contributed by atoms with Crippen LogP contribution in [0.25, 0.3) is 0 Å². The lowest BCUT2D eigenvalue weighted by molar-refractivity contribution is 0.671. The lowest BCUT2D eigenvalue weighted by Crippen LogP contribution is -2.38. The Morgan fingerprint density at radius 1 is 1.20 bits per heavy atom. The van der Waals surface area contributed by atoms with E-state index in [1.54, 1.807) is 13.2 Å². The zero-order chi connectivity index (χ0) is 14.7. The van der Waals surface area contributed by atoms with E-state index in [9.17, 15) is 9.59 Å². The molecule has 0 bridgehead atoms. The molecule has 0 saturated carbocycles. The highest BCUT2D eigenvalue weighted by molar-refractivity contribution is 5.48. The zero-order valence-electron chi connectivity index (χ0n) is 11.4. The molecule has 20 heavy (non-hydrogen) atoms. The molecule has 102 valence electrons. The number of terminal acetylenes is 1. The highest BCUT2D eigenvalue weighted by Crippen LogP contribution is 2.09. The van der Waals surface area contributed by atoms with E-state index < -0.39 is 0 Å². The molecule has 0 aliphatic carbocycles. The molecule has 0 radical (unpaired) electrons. The van der Waals surface area contributed by atoms with E-state index in [4.69, 9.17) is 6.42 Å². The van der Waals surface area contributed by atoms with Crippen LogP contribution in [-0.2, 0) is 20.6 Å². The molecule has 1 aromatic carbocycles. The SMILES string of the molecule is C#Cc1ccc(NCc2cn(C)c(=O)n(C)c2=O)cc1. The Kier molecular flexibility index (Phi) is 3.76. The lowest BCUT2D eigenvalue weighted by Gasteiger charge is -2.09. The summed E-state index contributed by atoms with van der Waals surface area (Å²) in [5, 5.41) is 3.13. The Hall–Kier alpha value is -2.74. The van der Waals surface area contributed by atoms with Crippen LogP contribution in [0.3, 0.4) is 0 Å². The molecular weight excluding hydrogens is 254 g/mol. The number of anilines is 1. The first-order valence-electron chi connectivity index (χ1n) is 6.09. The van der Waals surface area contributed by atoms with Gasteiger partial charge in [-0.3, -0.25) is 9.36 Å². The van der Waals surface area contributed by atoms with Gasteiger partial charge in [0.1, 0.15) is 0 Å². The Balaban J connectivity index is 2.21. The maximum atomic E-state index is 11.9. The van der Waals surface area contributed by atoms with Crippen LogP contribution in [0.5, 0.6) is 0 Å². The minimum atomic E-state index is -0.336. The average molecular weight is 269 g/mol. The van der Waals surface area contributed by atoms with E-state index in [-0.39, 0.29) is 11.2 Å². The molecule has 0 amide bonds. The van der Waals surface area contributed by atoms with Crippen LogP contribution in [0.4, 0.5) is 5.69 Å². The lowest BCUT2D eigenvalue weighted by atomic mass is 10.2. The fourth-order valence-electron chi connectivity index (χ4n) is 1.89. The number of benzene rings is 1. The van der Waals surface area contributed by atoms with Crippen LogP contribution in [0.2, 0.25) is 0 Å². The van der Waals surface area contributed by atoms with Gasteiger partial charge in [-0.05, 0) is 24.3 Å². The van der Waals surface area contributed by atoms with Gasteiger partial charge in [-0.1, -0.05) is 5.92 Å². The van der Waals surface area contributed by atoms with Crippen molar-refractivity contribution in [3.05, 3.63) is 62.4 Å². The quantitative estimate of drug-likeness (QED) is 0.834. The third-order valence-corrected chi connectivity index (χ3v) is 3.05. The molecule has 0 saturated heterocycles. The van der Waals surface area contributed by atoms with Crippen LogP contribution in [0.15, 0.2) is 40.1 Å². The van der Waals surface area contributed by atoms with E-state index in [0.717, 1.165) is 15.8 Å². The molecule has 0 fully saturated rings. The summed E-state index contributed by atoms with van der Waals surface area (Å²) in [5.41, 5.74) is 1.56. The van der Waals surface area contributed by atoms with Gasteiger partial charge in [-0.2, -0.15) is 0 Å². The number of nitrogens with zero attached hydrogens (tertiary/aromatic N) is 2. The van der Waals surface area contributed by atoms with Crippen molar-refractivity contribution in [2.45, 2.75) is 6.54 Å². The largest absolute Gasteiger partial charge is 0.381 e. The second-order valence-corrected chi connectivity index (χ2v) is 4.49. The van der Waals surface area contributed by atoms with Crippen molar-refractivity contribution in [1.29, 1.82) is 0 Å². The van der Waals surface area contributed by atoms with Crippen molar-refractivity contribution < 1.29 is 0 Å². The van der Waals surface area contributed by atoms with Crippen molar-refractivity contribution in [2.75, 3.05) is 5.32 Å². The van der Waals surface area contributed by atoms with Gasteiger partial charge in [0.2, 0.25) is 0 Å². The molecule has 1 aromatic heterocycles. The zero-order valence-corrected chi connectivity index (χ0v) is 11.4. The normalized spacial score (nSPS) is 10.1. The third kappa shape index (κ3) is 2.64. The fourth-order valence-corrected chi connectivity index (χ4v) is 1.89. The van der Waals surface area contributed by atoms with E-state index in [2.05, 4.69) is 11.2 Å². The van der Waals surface area contributed by atoms with Crippen LogP contribution in [-0.4, -0.2) is 9.13 Å². The summed E-state index contributed by atoms with van der Waals surface area (Å²) in [7, 11) is 3.09. The molecule has 0 aliphatic rings. The first kappa shape index (κ1) is 13.7. The molecule has 5 nitrogen and oxygen atoms in total. The number of rotatable bonds is 3. The van der Waals surface area contributed by atoms with Crippen molar-refractivity contribution in [3.63, 3.8) is 0 Å². The van der Waals surface area contributed by atoms with Crippen molar-refractivity contribution in [2.24, 2.45) is 14.1 Å². The number of hydrogen-bond acceptors (Lipinski definition) is 3. The summed E-state index contributed by atoms with van der Waals surface area (Å²) in [6.07, 6.45) is 6.83. The van der Waals surface area contributed by atoms with E-state index in [1.165, 1.54) is 11.6 Å². The predicted molar refractivity (Wildman–Crippen MR) is 78.6 cm³/mol. The molecule has 5 heteroatoms. The van der Waals surface area contributed by atoms with Gasteiger partial charge in [-0.25, -0.2) is 4.79 Å². The van der Waals surface area contributed by atoms with Crippen LogP contribution in [0.1, 0.15) is 11.1 Å². The minimum Gasteiger partial charge on any atom is -0.381 e. The van der Waals surface area contributed by atoms with Crippen LogP contribution in [0, 0.1) is 12.3 Å². The Morgan fingerprint density at radius 2 is 1.85 bits per heavy atom. The van der Waals surface area contributed by atoms with Gasteiger partial charge in [0.15, 0.2) is 0 Å². The molecular formula is C15H15N3O2. The third-order valence-electron chi connectivity index (χ3n) is 3.05. The fraction of sp³-hybridized carbons (Fsp3) is 0.200. The van der Waals surface area contributed by atoms with E-state index >= 15 is 0 Å². The average Bonchev–Trinajstić information content (AvgIpc) is 2.48. The summed E-state index contributed by atoms with van der Waals surface area (Å²) in [6, 6.07) is 7.34. The number of aryl methyl sites for hydroxylation is 1. The number of nitrogens with one attached hydrogen (secondary N) is 1. The summed E-state index contributed by atoms with van der Waals surface area (Å²) in [6.45, 7) is 0.343. The molecule has 2 rings (SSSR count). The minimum absolute atomic E-state index is 0.291. The molecule has 0 aliphatic heterocycles. The summed E-state index contributed by atoms with van der Waals surface area (Å²) >= 11 is 0. The number of hydrogen-bond donors (Lipinski definition) is 1. The number of aromatic nitrogens is 2. The second-order valence-electron chi connectivity index (χ2n) is 4.49. The second kappa shape index (κ2) is 5.49. The van der Waals surface area contributed by atoms with Crippen LogP contribution < -0.4 is 16.6 Å². The van der Waals surface area contributed by atoms with Gasteiger partial charge in [0, 0.05) is 38.1 Å². The molecule has 0 atom stereocenters. The molecule has 1 heterocycles. The Labute approximate surface area is 116 Å². The van der Waals surface area contributed by atoms with Crippen molar-refractivity contribution in [3.8, 4) is 12.3 Å². The van der Waals surface area contributed by atoms with Crippen molar-refractivity contribution in [1.82, 2.24) is 9.13 Å². The predicted octanol–water partition coefficient (Wildman–Crippen LogP) is 0.677. The standard InChI is InChI=1S/C15H15N3O2/c1-4-11-5-7-13(8-6-11)16-9-12-10-17(2)15(20)18(3)14(12)19/h1,5-8,10,16H,9H2,2-3H3. The summed E-state index contributed by atoms with van der Waals surface area (Å²) < 4.78 is 2.48. The Bertz CT molecular complexity index is 777. The highest BCUT2D eigenvalue weighted by Gasteiger charge is 2.06. The smallest absolute Gasteiger partial charge is 0.330 e. The van der Waals surface area contributed by atoms with Gasteiger partial charge >= 0.3 is 5.69 Å². The molecule has 2 aromatic rings. The van der Waals surface area contributed by atoms with Gasteiger partial charge < -0.3 is 9.88 Å².